The molecular weight excluding hydrogens is 309 g/mol. The average Bonchev–Trinajstić information content (AvgIpc) is 2.51. The molecule has 0 radical (unpaired) electrons. The molecule has 7 heteroatoms. The van der Waals surface area contributed by atoms with Crippen LogP contribution in [0.25, 0.3) is 0 Å². The van der Waals surface area contributed by atoms with Crippen LogP contribution in [-0.2, 0) is 9.84 Å². The van der Waals surface area contributed by atoms with Crippen LogP contribution in [0.15, 0.2) is 18.2 Å². The second-order valence-electron chi connectivity index (χ2n) is 4.63. The van der Waals surface area contributed by atoms with Gasteiger partial charge < -0.3 is 5.32 Å². The lowest BCUT2D eigenvalue weighted by atomic mass is 10.1. The highest BCUT2D eigenvalue weighted by Gasteiger charge is 2.37. The Hall–Kier alpha value is -0.780. The first kappa shape index (κ1) is 14.6. The smallest absolute Gasteiger partial charge is 0.251 e. The van der Waals surface area contributed by atoms with Crippen LogP contribution in [0.2, 0.25) is 5.02 Å². The maximum atomic E-state index is 12.1. The number of rotatable bonds is 2. The average molecular weight is 322 g/mol. The van der Waals surface area contributed by atoms with Crippen molar-refractivity contribution in [2.75, 3.05) is 11.5 Å². The molecule has 0 spiro atoms. The van der Waals surface area contributed by atoms with Gasteiger partial charge in [0.2, 0.25) is 0 Å². The van der Waals surface area contributed by atoms with Crippen LogP contribution < -0.4 is 5.32 Å². The van der Waals surface area contributed by atoms with Gasteiger partial charge in [0, 0.05) is 10.6 Å². The Kier molecular flexibility index (Phi) is 4.08. The maximum absolute atomic E-state index is 12.1. The second-order valence-corrected chi connectivity index (χ2v) is 7.78. The molecule has 1 aliphatic rings. The molecule has 1 amide bonds. The lowest BCUT2D eigenvalue weighted by Crippen LogP contribution is -2.40. The van der Waals surface area contributed by atoms with Gasteiger partial charge >= 0.3 is 0 Å². The van der Waals surface area contributed by atoms with Crippen molar-refractivity contribution >= 4 is 38.9 Å². The van der Waals surface area contributed by atoms with Gasteiger partial charge in [-0.05, 0) is 30.7 Å². The molecule has 1 N–H and O–H groups in total. The largest absolute Gasteiger partial charge is 0.347 e. The van der Waals surface area contributed by atoms with Crippen molar-refractivity contribution in [1.29, 1.82) is 0 Å². The van der Waals surface area contributed by atoms with Gasteiger partial charge in [0.15, 0.2) is 9.84 Å². The molecule has 1 aliphatic heterocycles. The number of sulfone groups is 1. The normalized spacial score (nSPS) is 25.2. The van der Waals surface area contributed by atoms with Gasteiger partial charge in [-0.25, -0.2) is 8.42 Å². The Labute approximate surface area is 122 Å². The van der Waals surface area contributed by atoms with Crippen molar-refractivity contribution in [1.82, 2.24) is 5.32 Å². The first-order valence-corrected chi connectivity index (χ1v) is 8.33. The third kappa shape index (κ3) is 3.41. The van der Waals surface area contributed by atoms with Crippen molar-refractivity contribution in [2.45, 2.75) is 18.3 Å². The topological polar surface area (TPSA) is 63.2 Å². The molecule has 0 bridgehead atoms. The minimum absolute atomic E-state index is 0.0981. The van der Waals surface area contributed by atoms with Gasteiger partial charge in [-0.2, -0.15) is 0 Å². The third-order valence-corrected chi connectivity index (χ3v) is 5.64. The Morgan fingerprint density at radius 2 is 2.05 bits per heavy atom. The molecular formula is C12H13Cl2NO3S. The van der Waals surface area contributed by atoms with Crippen molar-refractivity contribution < 1.29 is 13.2 Å². The Balaban J connectivity index is 2.14. The molecule has 2 rings (SSSR count). The standard InChI is InChI=1S/C12H13Cl2NO3S/c1-7-4-8(13)2-3-9(7)12(16)15-11-6-19(17,18)5-10(11)14/h2-4,10-11H,5-6H2,1H3,(H,15,16). The molecule has 1 fully saturated rings. The first-order chi connectivity index (χ1) is 8.78. The van der Waals surface area contributed by atoms with Crippen molar-refractivity contribution in [3.8, 4) is 0 Å². The number of halogens is 2. The van der Waals surface area contributed by atoms with Crippen molar-refractivity contribution in [2.24, 2.45) is 0 Å². The molecule has 2 unspecified atom stereocenters. The van der Waals surface area contributed by atoms with Crippen LogP contribution in [0, 0.1) is 6.92 Å². The summed E-state index contributed by atoms with van der Waals surface area (Å²) < 4.78 is 22.9. The molecule has 1 heterocycles. The van der Waals surface area contributed by atoms with Crippen molar-refractivity contribution in [3.63, 3.8) is 0 Å². The van der Waals surface area contributed by atoms with E-state index in [0.717, 1.165) is 5.56 Å². The maximum Gasteiger partial charge on any atom is 0.251 e. The number of hydrogen-bond acceptors (Lipinski definition) is 3. The quantitative estimate of drug-likeness (QED) is 0.844. The highest BCUT2D eigenvalue weighted by molar-refractivity contribution is 7.91. The van der Waals surface area contributed by atoms with E-state index in [9.17, 15) is 13.2 Å². The van der Waals surface area contributed by atoms with Crippen LogP contribution in [0.5, 0.6) is 0 Å². The summed E-state index contributed by atoms with van der Waals surface area (Å²) in [5, 5.41) is 2.63. The number of carbonyl (C=O) groups excluding carboxylic acids is 1. The van der Waals surface area contributed by atoms with Crippen LogP contribution in [-0.4, -0.2) is 37.2 Å². The van der Waals surface area contributed by atoms with E-state index in [4.69, 9.17) is 23.2 Å². The SMILES string of the molecule is Cc1cc(Cl)ccc1C(=O)NC1CS(=O)(=O)CC1Cl. The summed E-state index contributed by atoms with van der Waals surface area (Å²) in [7, 11) is -3.16. The van der Waals surface area contributed by atoms with E-state index in [1.165, 1.54) is 0 Å². The fraction of sp³-hybridized carbons (Fsp3) is 0.417. The van der Waals surface area contributed by atoms with E-state index in [1.54, 1.807) is 25.1 Å². The van der Waals surface area contributed by atoms with Gasteiger partial charge in [-0.3, -0.25) is 4.79 Å². The van der Waals surface area contributed by atoms with Crippen LogP contribution in [0.1, 0.15) is 15.9 Å². The Morgan fingerprint density at radius 1 is 1.37 bits per heavy atom. The molecule has 0 aromatic heterocycles. The first-order valence-electron chi connectivity index (χ1n) is 5.70. The summed E-state index contributed by atoms with van der Waals surface area (Å²) in [5.74, 6) is -0.541. The van der Waals surface area contributed by atoms with E-state index in [-0.39, 0.29) is 17.4 Å². The molecule has 0 saturated carbocycles. The number of nitrogens with one attached hydrogen (secondary N) is 1. The van der Waals surface area contributed by atoms with E-state index < -0.39 is 21.3 Å². The lowest BCUT2D eigenvalue weighted by molar-refractivity contribution is 0.0941. The number of hydrogen-bond donors (Lipinski definition) is 1. The molecule has 1 aromatic carbocycles. The van der Waals surface area contributed by atoms with E-state index in [1.807, 2.05) is 0 Å². The van der Waals surface area contributed by atoms with Crippen molar-refractivity contribution in [3.05, 3.63) is 34.3 Å². The minimum Gasteiger partial charge on any atom is -0.347 e. The van der Waals surface area contributed by atoms with E-state index in [2.05, 4.69) is 5.32 Å². The molecule has 4 nitrogen and oxygen atoms in total. The summed E-state index contributed by atoms with van der Waals surface area (Å²) in [5.41, 5.74) is 1.20. The van der Waals surface area contributed by atoms with Gasteiger partial charge in [0.25, 0.3) is 5.91 Å². The zero-order valence-electron chi connectivity index (χ0n) is 10.2. The van der Waals surface area contributed by atoms with Gasteiger partial charge in [-0.15, -0.1) is 11.6 Å². The number of aryl methyl sites for hydroxylation is 1. The lowest BCUT2D eigenvalue weighted by Gasteiger charge is -2.15. The molecule has 0 aliphatic carbocycles. The molecule has 1 saturated heterocycles. The molecule has 1 aromatic rings. The molecule has 19 heavy (non-hydrogen) atoms. The molecule has 2 atom stereocenters. The predicted molar refractivity (Wildman–Crippen MR) is 75.7 cm³/mol. The van der Waals surface area contributed by atoms with Crippen LogP contribution >= 0.6 is 23.2 Å². The number of alkyl halides is 1. The highest BCUT2D eigenvalue weighted by atomic mass is 35.5. The van der Waals surface area contributed by atoms with E-state index in [0.29, 0.717) is 10.6 Å². The Morgan fingerprint density at radius 3 is 2.58 bits per heavy atom. The summed E-state index contributed by atoms with van der Waals surface area (Å²) >= 11 is 11.8. The summed E-state index contributed by atoms with van der Waals surface area (Å²) in [6, 6.07) is 4.36. The van der Waals surface area contributed by atoms with Gasteiger partial charge in [-0.1, -0.05) is 11.6 Å². The fourth-order valence-electron chi connectivity index (χ4n) is 2.06. The van der Waals surface area contributed by atoms with Gasteiger partial charge in [0.1, 0.15) is 0 Å². The Bertz CT molecular complexity index is 615. The number of carbonyl (C=O) groups is 1. The number of amides is 1. The highest BCUT2D eigenvalue weighted by Crippen LogP contribution is 2.20. The summed E-state index contributed by atoms with van der Waals surface area (Å²) in [4.78, 5) is 12.1. The third-order valence-electron chi connectivity index (χ3n) is 3.03. The molecule has 104 valence electrons. The zero-order valence-corrected chi connectivity index (χ0v) is 12.5. The fourth-order valence-corrected chi connectivity index (χ4v) is 4.84. The van der Waals surface area contributed by atoms with Gasteiger partial charge in [0.05, 0.1) is 22.9 Å². The van der Waals surface area contributed by atoms with Crippen LogP contribution in [0.3, 0.4) is 0 Å². The monoisotopic (exact) mass is 321 g/mol. The zero-order chi connectivity index (χ0) is 14.2. The second kappa shape index (κ2) is 5.31. The summed E-state index contributed by atoms with van der Waals surface area (Å²) in [6.07, 6.45) is 0. The van der Waals surface area contributed by atoms with E-state index >= 15 is 0 Å². The minimum atomic E-state index is -3.16. The van der Waals surface area contributed by atoms with Crippen LogP contribution in [0.4, 0.5) is 0 Å². The predicted octanol–water partition coefficient (Wildman–Crippen LogP) is 1.78. The summed E-state index contributed by atoms with van der Waals surface area (Å²) in [6.45, 7) is 1.77. The number of benzene rings is 1.